The van der Waals surface area contributed by atoms with Crippen molar-refractivity contribution in [2.45, 2.75) is 31.8 Å². The van der Waals surface area contributed by atoms with E-state index in [9.17, 15) is 9.90 Å². The van der Waals surface area contributed by atoms with Crippen LogP contribution in [0.25, 0.3) is 0 Å². The van der Waals surface area contributed by atoms with E-state index in [4.69, 9.17) is 5.11 Å². The van der Waals surface area contributed by atoms with E-state index in [0.29, 0.717) is 6.42 Å². The number of aliphatic carboxylic acids is 1. The van der Waals surface area contributed by atoms with Crippen molar-refractivity contribution in [1.29, 1.82) is 0 Å². The van der Waals surface area contributed by atoms with Gasteiger partial charge in [0.25, 0.3) is 0 Å². The molecule has 2 N–H and O–H groups in total. The van der Waals surface area contributed by atoms with Crippen LogP contribution in [0.3, 0.4) is 0 Å². The van der Waals surface area contributed by atoms with Crippen LogP contribution in [0.1, 0.15) is 25.7 Å². The van der Waals surface area contributed by atoms with E-state index >= 15 is 0 Å². The van der Waals surface area contributed by atoms with Crippen molar-refractivity contribution in [3.63, 3.8) is 0 Å². The van der Waals surface area contributed by atoms with Gasteiger partial charge in [0.1, 0.15) is 0 Å². The molecule has 0 aromatic rings. The predicted molar refractivity (Wildman–Crippen MR) is 38.0 cm³/mol. The summed E-state index contributed by atoms with van der Waals surface area (Å²) in [5.74, 6) is -0.985. The summed E-state index contributed by atoms with van der Waals surface area (Å²) in [5.41, 5.74) is -0.203. The Balaban J connectivity index is 2.11. The zero-order valence-electron chi connectivity index (χ0n) is 6.29. The fourth-order valence-corrected chi connectivity index (χ4v) is 2.38. The van der Waals surface area contributed by atoms with Crippen LogP contribution < -0.4 is 0 Å². The first kappa shape index (κ1) is 7.10. The molecule has 0 bridgehead atoms. The Hall–Kier alpha value is -0.570. The lowest BCUT2D eigenvalue weighted by molar-refractivity contribution is -0.195. The number of aliphatic hydroxyl groups is 1. The lowest BCUT2D eigenvalue weighted by Gasteiger charge is -2.57. The number of rotatable bonds is 1. The Morgan fingerprint density at radius 3 is 2.27 bits per heavy atom. The largest absolute Gasteiger partial charge is 0.481 e. The predicted octanol–water partition coefficient (Wildman–Crippen LogP) is 0.622. The summed E-state index contributed by atoms with van der Waals surface area (Å²) in [6, 6.07) is 0. The van der Waals surface area contributed by atoms with E-state index in [2.05, 4.69) is 0 Å². The first-order chi connectivity index (χ1) is 5.17. The molecule has 0 aliphatic heterocycles. The van der Waals surface area contributed by atoms with E-state index in [1.54, 1.807) is 0 Å². The zero-order valence-corrected chi connectivity index (χ0v) is 6.29. The monoisotopic (exact) mass is 156 g/mol. The molecule has 2 atom stereocenters. The average Bonchev–Trinajstić information content (AvgIpc) is 1.78. The van der Waals surface area contributed by atoms with Gasteiger partial charge in [-0.25, -0.2) is 0 Å². The third kappa shape index (κ3) is 0.692. The van der Waals surface area contributed by atoms with Crippen molar-refractivity contribution in [2.24, 2.45) is 11.3 Å². The number of hydrogen-bond donors (Lipinski definition) is 2. The van der Waals surface area contributed by atoms with Crippen LogP contribution in [0.15, 0.2) is 0 Å². The van der Waals surface area contributed by atoms with Crippen molar-refractivity contribution >= 4 is 5.97 Å². The second-order valence-electron chi connectivity index (χ2n) is 3.73. The summed E-state index contributed by atoms with van der Waals surface area (Å²) in [4.78, 5) is 10.6. The van der Waals surface area contributed by atoms with Gasteiger partial charge in [0.15, 0.2) is 0 Å². The fourth-order valence-electron chi connectivity index (χ4n) is 2.38. The molecule has 1 spiro atoms. The lowest BCUT2D eigenvalue weighted by Crippen LogP contribution is -2.59. The maximum absolute atomic E-state index is 10.6. The van der Waals surface area contributed by atoms with Gasteiger partial charge in [-0.15, -0.1) is 0 Å². The minimum absolute atomic E-state index is 0.203. The van der Waals surface area contributed by atoms with Gasteiger partial charge < -0.3 is 10.2 Å². The maximum atomic E-state index is 10.6. The van der Waals surface area contributed by atoms with Gasteiger partial charge in [0.05, 0.1) is 12.0 Å². The third-order valence-electron chi connectivity index (χ3n) is 3.40. The smallest absolute Gasteiger partial charge is 0.307 e. The van der Waals surface area contributed by atoms with Crippen molar-refractivity contribution in [3.8, 4) is 0 Å². The van der Waals surface area contributed by atoms with Crippen molar-refractivity contribution in [1.82, 2.24) is 0 Å². The van der Waals surface area contributed by atoms with Crippen molar-refractivity contribution < 1.29 is 15.0 Å². The van der Waals surface area contributed by atoms with Crippen LogP contribution in [0.5, 0.6) is 0 Å². The molecule has 2 aliphatic carbocycles. The zero-order chi connectivity index (χ0) is 8.06. The van der Waals surface area contributed by atoms with E-state index < -0.39 is 5.97 Å². The van der Waals surface area contributed by atoms with Crippen LogP contribution in [-0.2, 0) is 4.79 Å². The molecule has 2 saturated carbocycles. The van der Waals surface area contributed by atoms with E-state index in [1.807, 2.05) is 0 Å². The molecule has 0 unspecified atom stereocenters. The lowest BCUT2D eigenvalue weighted by atomic mass is 9.48. The minimum atomic E-state index is -0.727. The first-order valence-corrected chi connectivity index (χ1v) is 4.08. The molecule has 2 fully saturated rings. The van der Waals surface area contributed by atoms with Gasteiger partial charge in [0, 0.05) is 5.41 Å². The van der Waals surface area contributed by atoms with Gasteiger partial charge in [-0.1, -0.05) is 6.42 Å². The van der Waals surface area contributed by atoms with Crippen molar-refractivity contribution in [2.75, 3.05) is 0 Å². The number of carboxylic acid groups (broad SMARTS) is 1. The first-order valence-electron chi connectivity index (χ1n) is 4.08. The summed E-state index contributed by atoms with van der Waals surface area (Å²) in [6.45, 7) is 0. The van der Waals surface area contributed by atoms with Crippen molar-refractivity contribution in [3.05, 3.63) is 0 Å². The van der Waals surface area contributed by atoms with Crippen LogP contribution in [0, 0.1) is 11.3 Å². The molecule has 0 radical (unpaired) electrons. The molecule has 2 rings (SSSR count). The Morgan fingerprint density at radius 1 is 1.45 bits per heavy atom. The van der Waals surface area contributed by atoms with E-state index in [-0.39, 0.29) is 17.4 Å². The molecule has 0 aromatic heterocycles. The molecule has 11 heavy (non-hydrogen) atoms. The average molecular weight is 156 g/mol. The molecule has 0 amide bonds. The molecule has 0 heterocycles. The van der Waals surface area contributed by atoms with Crippen LogP contribution in [0.4, 0.5) is 0 Å². The van der Waals surface area contributed by atoms with Gasteiger partial charge in [-0.2, -0.15) is 0 Å². The van der Waals surface area contributed by atoms with Crippen LogP contribution in [-0.4, -0.2) is 22.3 Å². The molecule has 3 heteroatoms. The summed E-state index contributed by atoms with van der Waals surface area (Å²) in [7, 11) is 0. The third-order valence-corrected chi connectivity index (χ3v) is 3.40. The maximum Gasteiger partial charge on any atom is 0.307 e. The molecular formula is C8H12O3. The summed E-state index contributed by atoms with van der Waals surface area (Å²) >= 11 is 0. The number of aliphatic hydroxyl groups excluding tert-OH is 1. The van der Waals surface area contributed by atoms with E-state index in [1.165, 1.54) is 0 Å². The second kappa shape index (κ2) is 1.97. The molecule has 2 aliphatic rings. The Labute approximate surface area is 65.0 Å². The summed E-state index contributed by atoms with van der Waals surface area (Å²) < 4.78 is 0. The van der Waals surface area contributed by atoms with Gasteiger partial charge in [-0.3, -0.25) is 4.79 Å². The highest BCUT2D eigenvalue weighted by molar-refractivity contribution is 5.73. The van der Waals surface area contributed by atoms with Gasteiger partial charge in [-0.05, 0) is 19.3 Å². The van der Waals surface area contributed by atoms with Gasteiger partial charge in [0.2, 0.25) is 0 Å². The number of carboxylic acids is 1. The summed E-state index contributed by atoms with van der Waals surface area (Å²) in [6.07, 6.45) is 3.03. The highest BCUT2D eigenvalue weighted by Gasteiger charge is 2.60. The van der Waals surface area contributed by atoms with Gasteiger partial charge >= 0.3 is 5.97 Å². The van der Waals surface area contributed by atoms with Crippen LogP contribution in [0.2, 0.25) is 0 Å². The molecule has 0 saturated heterocycles. The SMILES string of the molecule is O=C(O)[C@H]1C[C@@H](O)C12CCC2. The minimum Gasteiger partial charge on any atom is -0.481 e. The summed E-state index contributed by atoms with van der Waals surface area (Å²) in [5, 5.41) is 18.1. The second-order valence-corrected chi connectivity index (χ2v) is 3.73. The number of hydrogen-bond acceptors (Lipinski definition) is 2. The topological polar surface area (TPSA) is 57.5 Å². The highest BCUT2D eigenvalue weighted by Crippen LogP contribution is 2.59. The number of carbonyl (C=O) groups is 1. The molecule has 62 valence electrons. The standard InChI is InChI=1S/C8H12O3/c9-6-4-5(7(10)11)8(6)2-1-3-8/h5-6,9H,1-4H2,(H,10,11)/t5-,6-/m1/s1. The Morgan fingerprint density at radius 2 is 2.09 bits per heavy atom. The highest BCUT2D eigenvalue weighted by atomic mass is 16.4. The quantitative estimate of drug-likeness (QED) is 0.585. The molecule has 0 aromatic carbocycles. The fraction of sp³-hybridized carbons (Fsp3) is 0.875. The Kier molecular flexibility index (Phi) is 1.27. The molecular weight excluding hydrogens is 144 g/mol. The van der Waals surface area contributed by atoms with Crippen LogP contribution >= 0.6 is 0 Å². The van der Waals surface area contributed by atoms with E-state index in [0.717, 1.165) is 19.3 Å². The normalized spacial score (nSPS) is 39.4. The molecule has 3 nitrogen and oxygen atoms in total. The Bertz CT molecular complexity index is 196.